The molecule has 1 heterocycles. The number of benzene rings is 2. The second kappa shape index (κ2) is 14.6. The van der Waals surface area contributed by atoms with Crippen molar-refractivity contribution in [1.82, 2.24) is 14.9 Å². The number of imidazole rings is 1. The van der Waals surface area contributed by atoms with Crippen molar-refractivity contribution in [3.8, 4) is 0 Å². The van der Waals surface area contributed by atoms with Crippen molar-refractivity contribution >= 4 is 34.5 Å². The first-order chi connectivity index (χ1) is 16.1. The second-order valence-corrected chi connectivity index (χ2v) is 9.15. The summed E-state index contributed by atoms with van der Waals surface area (Å²) in [7, 11) is 0. The Hall–Kier alpha value is -2.61. The lowest BCUT2D eigenvalue weighted by Gasteiger charge is -2.23. The van der Waals surface area contributed by atoms with Gasteiger partial charge >= 0.3 is 6.03 Å². The van der Waals surface area contributed by atoms with Crippen LogP contribution in [0.15, 0.2) is 47.6 Å². The number of carbonyl (C=O) groups is 1. The number of carbonyl (C=O) groups excluding carboxylic acids is 1. The Morgan fingerprint density at radius 1 is 1.03 bits per heavy atom. The third-order valence-corrected chi connectivity index (χ3v) is 6.38. The number of aromatic nitrogens is 2. The Morgan fingerprint density at radius 3 is 2.47 bits per heavy atom. The van der Waals surface area contributed by atoms with Crippen LogP contribution in [0.4, 0.5) is 19.3 Å². The van der Waals surface area contributed by atoms with E-state index in [1.807, 2.05) is 24.3 Å². The minimum Gasteiger partial charge on any atom is -0.333 e. The SMILES string of the molecule is C.CCCCCCN(CCCCCSc1nc2ccccc2[nH]1)C(=O)Nc1ccc(F)cc1F. The molecular formula is C26H36F2N4OS. The van der Waals surface area contributed by atoms with Gasteiger partial charge in [-0.15, -0.1) is 0 Å². The number of nitrogens with zero attached hydrogens (tertiary/aromatic N) is 2. The van der Waals surface area contributed by atoms with Crippen LogP contribution < -0.4 is 5.32 Å². The van der Waals surface area contributed by atoms with Crippen molar-refractivity contribution in [2.45, 2.75) is 64.5 Å². The fraction of sp³-hybridized carbons (Fsp3) is 0.462. The van der Waals surface area contributed by atoms with Gasteiger partial charge in [0, 0.05) is 24.9 Å². The summed E-state index contributed by atoms with van der Waals surface area (Å²) in [4.78, 5) is 22.4. The number of aromatic amines is 1. The summed E-state index contributed by atoms with van der Waals surface area (Å²) in [6.45, 7) is 3.38. The first-order valence-corrected chi connectivity index (χ1v) is 12.6. The normalized spacial score (nSPS) is 10.8. The standard InChI is InChI=1S/C25H32F2N4OS.CH4/c1-2-3-4-8-15-31(25(32)30-21-14-13-19(26)18-20(21)27)16-9-5-10-17-33-24-28-22-11-6-7-12-23(22)29-24;/h6-7,11-14,18H,2-5,8-10,15-17H2,1H3,(H,28,29)(H,30,32);1H4. The molecule has 3 aromatic rings. The molecule has 0 bridgehead atoms. The fourth-order valence-electron chi connectivity index (χ4n) is 3.58. The van der Waals surface area contributed by atoms with Crippen LogP contribution in [0.2, 0.25) is 0 Å². The summed E-state index contributed by atoms with van der Waals surface area (Å²) in [6, 6.07) is 10.8. The molecule has 8 heteroatoms. The highest BCUT2D eigenvalue weighted by molar-refractivity contribution is 7.99. The van der Waals surface area contributed by atoms with Crippen molar-refractivity contribution in [3.63, 3.8) is 0 Å². The predicted molar refractivity (Wildman–Crippen MR) is 138 cm³/mol. The van der Waals surface area contributed by atoms with E-state index in [0.29, 0.717) is 13.1 Å². The van der Waals surface area contributed by atoms with Gasteiger partial charge in [0.05, 0.1) is 16.7 Å². The molecule has 0 aliphatic heterocycles. The molecule has 1 aromatic heterocycles. The highest BCUT2D eigenvalue weighted by Crippen LogP contribution is 2.21. The molecule has 0 saturated heterocycles. The maximum Gasteiger partial charge on any atom is 0.321 e. The highest BCUT2D eigenvalue weighted by atomic mass is 32.2. The number of amides is 2. The Morgan fingerprint density at radius 2 is 1.76 bits per heavy atom. The molecule has 2 amide bonds. The lowest BCUT2D eigenvalue weighted by atomic mass is 10.2. The molecule has 186 valence electrons. The summed E-state index contributed by atoms with van der Waals surface area (Å²) in [5.74, 6) is -0.483. The van der Waals surface area contributed by atoms with Gasteiger partial charge in [0.25, 0.3) is 0 Å². The third-order valence-electron chi connectivity index (χ3n) is 5.42. The number of anilines is 1. The number of hydrogen-bond donors (Lipinski definition) is 2. The monoisotopic (exact) mass is 490 g/mol. The van der Waals surface area contributed by atoms with E-state index in [-0.39, 0.29) is 19.1 Å². The second-order valence-electron chi connectivity index (χ2n) is 8.07. The van der Waals surface area contributed by atoms with Crippen LogP contribution in [-0.4, -0.2) is 39.7 Å². The number of urea groups is 1. The number of hydrogen-bond acceptors (Lipinski definition) is 3. The minimum absolute atomic E-state index is 0. The predicted octanol–water partition coefficient (Wildman–Crippen LogP) is 7.85. The number of rotatable bonds is 13. The van der Waals surface area contributed by atoms with Crippen LogP contribution in [0, 0.1) is 11.6 Å². The number of thioether (sulfide) groups is 1. The van der Waals surface area contributed by atoms with Crippen LogP contribution in [0.25, 0.3) is 11.0 Å². The Labute approximate surface area is 205 Å². The molecule has 0 unspecified atom stereocenters. The number of para-hydroxylation sites is 2. The van der Waals surface area contributed by atoms with E-state index in [1.54, 1.807) is 16.7 Å². The van der Waals surface area contributed by atoms with E-state index >= 15 is 0 Å². The zero-order valence-corrected chi connectivity index (χ0v) is 19.9. The largest absolute Gasteiger partial charge is 0.333 e. The number of fused-ring (bicyclic) bond motifs is 1. The molecule has 0 spiro atoms. The lowest BCUT2D eigenvalue weighted by Crippen LogP contribution is -2.36. The zero-order valence-electron chi connectivity index (χ0n) is 19.1. The van der Waals surface area contributed by atoms with E-state index in [0.717, 1.165) is 79.0 Å². The summed E-state index contributed by atoms with van der Waals surface area (Å²) >= 11 is 1.70. The van der Waals surface area contributed by atoms with E-state index in [9.17, 15) is 13.6 Å². The molecule has 0 fully saturated rings. The minimum atomic E-state index is -0.767. The summed E-state index contributed by atoms with van der Waals surface area (Å²) in [5.41, 5.74) is 2.02. The van der Waals surface area contributed by atoms with E-state index in [2.05, 4.69) is 22.2 Å². The smallest absolute Gasteiger partial charge is 0.321 e. The molecule has 0 saturated carbocycles. The van der Waals surface area contributed by atoms with Crippen molar-refractivity contribution in [2.24, 2.45) is 0 Å². The number of H-pyrrole nitrogens is 1. The molecule has 0 radical (unpaired) electrons. The Bertz CT molecular complexity index is 994. The number of unbranched alkanes of at least 4 members (excludes halogenated alkanes) is 5. The van der Waals surface area contributed by atoms with Crippen LogP contribution in [0.1, 0.15) is 59.3 Å². The van der Waals surface area contributed by atoms with Crippen LogP contribution >= 0.6 is 11.8 Å². The van der Waals surface area contributed by atoms with Crippen LogP contribution in [0.5, 0.6) is 0 Å². The lowest BCUT2D eigenvalue weighted by molar-refractivity contribution is 0.209. The van der Waals surface area contributed by atoms with Gasteiger partial charge in [-0.05, 0) is 43.5 Å². The highest BCUT2D eigenvalue weighted by Gasteiger charge is 2.15. The van der Waals surface area contributed by atoms with E-state index in [1.165, 1.54) is 6.07 Å². The first-order valence-electron chi connectivity index (χ1n) is 11.7. The van der Waals surface area contributed by atoms with E-state index < -0.39 is 11.6 Å². The third kappa shape index (κ3) is 8.63. The van der Waals surface area contributed by atoms with Gasteiger partial charge in [0.15, 0.2) is 5.16 Å². The molecule has 5 nitrogen and oxygen atoms in total. The van der Waals surface area contributed by atoms with Crippen molar-refractivity contribution in [1.29, 1.82) is 0 Å². The molecule has 0 aliphatic rings. The summed E-state index contributed by atoms with van der Waals surface area (Å²) in [5, 5.41) is 3.52. The average Bonchev–Trinajstić information content (AvgIpc) is 3.22. The van der Waals surface area contributed by atoms with Gasteiger partial charge in [-0.1, -0.05) is 63.9 Å². The van der Waals surface area contributed by atoms with Crippen molar-refractivity contribution < 1.29 is 13.6 Å². The van der Waals surface area contributed by atoms with Gasteiger partial charge in [-0.3, -0.25) is 0 Å². The maximum absolute atomic E-state index is 13.9. The molecule has 2 aromatic carbocycles. The summed E-state index contributed by atoms with van der Waals surface area (Å²) in [6.07, 6.45) is 7.08. The first kappa shape index (κ1) is 27.6. The van der Waals surface area contributed by atoms with Gasteiger partial charge in [0.2, 0.25) is 0 Å². The molecule has 0 aliphatic carbocycles. The number of nitrogens with one attached hydrogen (secondary N) is 2. The molecule has 2 N–H and O–H groups in total. The maximum atomic E-state index is 13.9. The fourth-order valence-corrected chi connectivity index (χ4v) is 4.46. The van der Waals surface area contributed by atoms with Crippen molar-refractivity contribution in [2.75, 3.05) is 24.2 Å². The Kier molecular flexibility index (Phi) is 11.9. The molecule has 0 atom stereocenters. The van der Waals surface area contributed by atoms with Gasteiger partial charge < -0.3 is 15.2 Å². The number of halogens is 2. The molecule has 34 heavy (non-hydrogen) atoms. The van der Waals surface area contributed by atoms with Crippen LogP contribution in [-0.2, 0) is 0 Å². The quantitative estimate of drug-likeness (QED) is 0.189. The van der Waals surface area contributed by atoms with E-state index in [4.69, 9.17) is 0 Å². The summed E-state index contributed by atoms with van der Waals surface area (Å²) < 4.78 is 27.1. The van der Waals surface area contributed by atoms with Crippen LogP contribution in [0.3, 0.4) is 0 Å². The zero-order chi connectivity index (χ0) is 23.5. The topological polar surface area (TPSA) is 61.0 Å². The Balaban J connectivity index is 0.00000408. The van der Waals surface area contributed by atoms with Gasteiger partial charge in [-0.2, -0.15) is 0 Å². The van der Waals surface area contributed by atoms with Crippen molar-refractivity contribution in [3.05, 3.63) is 54.1 Å². The average molecular weight is 491 g/mol. The molecule has 3 rings (SSSR count). The molecular weight excluding hydrogens is 454 g/mol. The van der Waals surface area contributed by atoms with Gasteiger partial charge in [-0.25, -0.2) is 18.6 Å². The van der Waals surface area contributed by atoms with Gasteiger partial charge in [0.1, 0.15) is 11.6 Å².